The number of para-hydroxylation sites is 1. The Labute approximate surface area is 118 Å². The maximum atomic E-state index is 10.9. The first-order valence-corrected chi connectivity index (χ1v) is 6.79. The predicted octanol–water partition coefficient (Wildman–Crippen LogP) is 3.87. The molecule has 0 aliphatic rings. The van der Waals surface area contributed by atoms with E-state index in [0.29, 0.717) is 23.9 Å². The van der Waals surface area contributed by atoms with Gasteiger partial charge in [-0.25, -0.2) is 0 Å². The van der Waals surface area contributed by atoms with Gasteiger partial charge in [0.1, 0.15) is 5.69 Å². The smallest absolute Gasteiger partial charge is 0.293 e. The van der Waals surface area contributed by atoms with Gasteiger partial charge in [-0.3, -0.25) is 10.1 Å². The van der Waals surface area contributed by atoms with Gasteiger partial charge in [0.15, 0.2) is 0 Å². The Hall–Kier alpha value is -1.33. The van der Waals surface area contributed by atoms with Crippen LogP contribution in [0.25, 0.3) is 0 Å². The second kappa shape index (κ2) is 8.72. The van der Waals surface area contributed by atoms with Gasteiger partial charge in [-0.2, -0.15) is 0 Å². The van der Waals surface area contributed by atoms with Crippen molar-refractivity contribution in [3.8, 4) is 0 Å². The van der Waals surface area contributed by atoms with Crippen molar-refractivity contribution in [3.05, 3.63) is 33.3 Å². The van der Waals surface area contributed by atoms with Crippen molar-refractivity contribution in [1.82, 2.24) is 0 Å². The molecule has 0 aromatic heterocycles. The summed E-state index contributed by atoms with van der Waals surface area (Å²) < 4.78 is 5.41. The number of halogens is 1. The van der Waals surface area contributed by atoms with E-state index in [0.717, 1.165) is 25.9 Å². The van der Waals surface area contributed by atoms with Crippen LogP contribution in [0, 0.1) is 10.1 Å². The van der Waals surface area contributed by atoms with Gasteiger partial charge < -0.3 is 10.1 Å². The number of nitro groups is 1. The summed E-state index contributed by atoms with van der Waals surface area (Å²) in [5, 5.41) is 14.2. The van der Waals surface area contributed by atoms with Crippen LogP contribution in [0.2, 0.25) is 5.02 Å². The van der Waals surface area contributed by atoms with E-state index in [-0.39, 0.29) is 5.69 Å². The first kappa shape index (κ1) is 15.7. The van der Waals surface area contributed by atoms with Gasteiger partial charge in [0.05, 0.1) is 9.95 Å². The topological polar surface area (TPSA) is 64.4 Å². The number of nitrogens with zero attached hydrogens (tertiary/aromatic N) is 1. The zero-order valence-corrected chi connectivity index (χ0v) is 11.8. The molecular weight excluding hydrogens is 268 g/mol. The van der Waals surface area contributed by atoms with E-state index in [1.807, 2.05) is 0 Å². The fourth-order valence-corrected chi connectivity index (χ4v) is 1.81. The third-order valence-electron chi connectivity index (χ3n) is 2.60. The highest BCUT2D eigenvalue weighted by Gasteiger charge is 2.15. The minimum atomic E-state index is -0.439. The Kier molecular flexibility index (Phi) is 7.22. The lowest BCUT2D eigenvalue weighted by Crippen LogP contribution is -2.08. The summed E-state index contributed by atoms with van der Waals surface area (Å²) in [5.41, 5.74) is 0.377. The first-order valence-electron chi connectivity index (χ1n) is 6.41. The molecule has 0 saturated heterocycles. The summed E-state index contributed by atoms with van der Waals surface area (Å²) in [6.45, 7) is 4.12. The van der Waals surface area contributed by atoms with E-state index in [1.54, 1.807) is 12.1 Å². The average Bonchev–Trinajstić information content (AvgIpc) is 2.39. The molecule has 1 aromatic rings. The van der Waals surface area contributed by atoms with Gasteiger partial charge in [0.25, 0.3) is 5.69 Å². The normalized spacial score (nSPS) is 10.4. The molecule has 0 fully saturated rings. The van der Waals surface area contributed by atoms with Gasteiger partial charge in [0.2, 0.25) is 0 Å². The SMILES string of the molecule is CCCCOCCCNc1c(Cl)cccc1[N+](=O)[O-]. The number of anilines is 1. The molecule has 0 aliphatic carbocycles. The van der Waals surface area contributed by atoms with Gasteiger partial charge in [-0.1, -0.05) is 31.0 Å². The Balaban J connectivity index is 2.38. The summed E-state index contributed by atoms with van der Waals surface area (Å²) >= 11 is 5.96. The summed E-state index contributed by atoms with van der Waals surface area (Å²) in [4.78, 5) is 10.4. The fourth-order valence-electron chi connectivity index (χ4n) is 1.58. The Morgan fingerprint density at radius 2 is 2.11 bits per heavy atom. The van der Waals surface area contributed by atoms with Crippen molar-refractivity contribution < 1.29 is 9.66 Å². The third kappa shape index (κ3) is 5.44. The van der Waals surface area contributed by atoms with Gasteiger partial charge in [-0.05, 0) is 18.9 Å². The summed E-state index contributed by atoms with van der Waals surface area (Å²) in [7, 11) is 0. The number of nitrogens with one attached hydrogen (secondary N) is 1. The van der Waals surface area contributed by atoms with Gasteiger partial charge in [-0.15, -0.1) is 0 Å². The summed E-state index contributed by atoms with van der Waals surface area (Å²) in [6, 6.07) is 4.64. The molecule has 19 heavy (non-hydrogen) atoms. The highest BCUT2D eigenvalue weighted by atomic mass is 35.5. The van der Waals surface area contributed by atoms with Crippen LogP contribution in [0.1, 0.15) is 26.2 Å². The second-order valence-electron chi connectivity index (χ2n) is 4.14. The molecule has 5 nitrogen and oxygen atoms in total. The molecule has 1 rings (SSSR count). The van der Waals surface area contributed by atoms with Crippen LogP contribution in [0.4, 0.5) is 11.4 Å². The van der Waals surface area contributed by atoms with Crippen molar-refractivity contribution in [2.45, 2.75) is 26.2 Å². The van der Waals surface area contributed by atoms with Gasteiger partial charge >= 0.3 is 0 Å². The van der Waals surface area contributed by atoms with Crippen LogP contribution in [-0.2, 0) is 4.74 Å². The highest BCUT2D eigenvalue weighted by molar-refractivity contribution is 6.33. The van der Waals surface area contributed by atoms with Crippen molar-refractivity contribution in [2.75, 3.05) is 25.1 Å². The predicted molar refractivity (Wildman–Crippen MR) is 76.9 cm³/mol. The first-order chi connectivity index (χ1) is 9.16. The van der Waals surface area contributed by atoms with Crippen molar-refractivity contribution in [3.63, 3.8) is 0 Å². The van der Waals surface area contributed by atoms with Crippen molar-refractivity contribution in [2.24, 2.45) is 0 Å². The van der Waals surface area contributed by atoms with E-state index in [9.17, 15) is 10.1 Å². The molecule has 0 unspecified atom stereocenters. The van der Waals surface area contributed by atoms with E-state index >= 15 is 0 Å². The van der Waals surface area contributed by atoms with Crippen molar-refractivity contribution in [1.29, 1.82) is 0 Å². The molecular formula is C13H19ClN2O3. The van der Waals surface area contributed by atoms with Crippen LogP contribution in [-0.4, -0.2) is 24.7 Å². The number of benzene rings is 1. The maximum Gasteiger partial charge on any atom is 0.293 e. The van der Waals surface area contributed by atoms with Crippen LogP contribution in [0.3, 0.4) is 0 Å². The molecule has 106 valence electrons. The van der Waals surface area contributed by atoms with E-state index in [2.05, 4.69) is 12.2 Å². The lowest BCUT2D eigenvalue weighted by atomic mass is 10.2. The zero-order valence-electron chi connectivity index (χ0n) is 11.0. The Bertz CT molecular complexity index is 413. The number of nitro benzene ring substituents is 1. The number of unbranched alkanes of at least 4 members (excludes halogenated alkanes) is 1. The molecule has 0 atom stereocenters. The molecule has 0 amide bonds. The Morgan fingerprint density at radius 3 is 2.79 bits per heavy atom. The van der Waals surface area contributed by atoms with Gasteiger partial charge in [0, 0.05) is 25.8 Å². The van der Waals surface area contributed by atoms with Crippen LogP contribution in [0.15, 0.2) is 18.2 Å². The zero-order chi connectivity index (χ0) is 14.1. The minimum absolute atomic E-state index is 0.000554. The molecule has 1 aromatic carbocycles. The fraction of sp³-hybridized carbons (Fsp3) is 0.538. The number of rotatable bonds is 9. The molecule has 6 heteroatoms. The van der Waals surface area contributed by atoms with Crippen molar-refractivity contribution >= 4 is 23.0 Å². The monoisotopic (exact) mass is 286 g/mol. The highest BCUT2D eigenvalue weighted by Crippen LogP contribution is 2.31. The largest absolute Gasteiger partial charge is 0.381 e. The van der Waals surface area contributed by atoms with E-state index in [4.69, 9.17) is 16.3 Å². The molecule has 0 bridgehead atoms. The summed E-state index contributed by atoms with van der Waals surface area (Å²) in [5.74, 6) is 0. The quantitative estimate of drug-likeness (QED) is 0.425. The Morgan fingerprint density at radius 1 is 1.37 bits per heavy atom. The summed E-state index contributed by atoms with van der Waals surface area (Å²) in [6.07, 6.45) is 2.96. The standard InChI is InChI=1S/C13H19ClN2O3/c1-2-3-9-19-10-5-8-15-13-11(14)6-4-7-12(13)16(17)18/h4,6-7,15H,2-3,5,8-10H2,1H3. The van der Waals surface area contributed by atoms with Crippen LogP contribution in [0.5, 0.6) is 0 Å². The third-order valence-corrected chi connectivity index (χ3v) is 2.91. The molecule has 0 heterocycles. The van der Waals surface area contributed by atoms with E-state index in [1.165, 1.54) is 6.07 Å². The maximum absolute atomic E-state index is 10.9. The minimum Gasteiger partial charge on any atom is -0.381 e. The lowest BCUT2D eigenvalue weighted by molar-refractivity contribution is -0.383. The molecule has 0 saturated carbocycles. The molecule has 0 radical (unpaired) electrons. The van der Waals surface area contributed by atoms with Crippen LogP contribution >= 0.6 is 11.6 Å². The lowest BCUT2D eigenvalue weighted by Gasteiger charge is -2.09. The van der Waals surface area contributed by atoms with Crippen LogP contribution < -0.4 is 5.32 Å². The molecule has 0 spiro atoms. The second-order valence-corrected chi connectivity index (χ2v) is 4.54. The average molecular weight is 287 g/mol. The molecule has 1 N–H and O–H groups in total. The number of ether oxygens (including phenoxy) is 1. The van der Waals surface area contributed by atoms with E-state index < -0.39 is 4.92 Å². The number of hydrogen-bond donors (Lipinski definition) is 1. The number of hydrogen-bond acceptors (Lipinski definition) is 4. The molecule has 0 aliphatic heterocycles.